The highest BCUT2D eigenvalue weighted by molar-refractivity contribution is 5.95. The molecule has 3 aromatic rings. The van der Waals surface area contributed by atoms with E-state index in [4.69, 9.17) is 0 Å². The van der Waals surface area contributed by atoms with Gasteiger partial charge in [-0.1, -0.05) is 36.4 Å². The number of aromatic nitrogens is 2. The van der Waals surface area contributed by atoms with E-state index in [2.05, 4.69) is 44.5 Å². The van der Waals surface area contributed by atoms with Crippen LogP contribution >= 0.6 is 0 Å². The molecule has 30 heavy (non-hydrogen) atoms. The quantitative estimate of drug-likeness (QED) is 0.700. The summed E-state index contributed by atoms with van der Waals surface area (Å²) in [6, 6.07) is 18.3. The average molecular weight is 399 g/mol. The molecule has 5 rings (SSSR count). The minimum absolute atomic E-state index is 0.0348. The van der Waals surface area contributed by atoms with Gasteiger partial charge in [0.1, 0.15) is 12.1 Å². The normalized spacial score (nSPS) is 18.1. The van der Waals surface area contributed by atoms with Gasteiger partial charge < -0.3 is 10.2 Å². The van der Waals surface area contributed by atoms with Gasteiger partial charge in [-0.2, -0.15) is 0 Å². The predicted octanol–water partition coefficient (Wildman–Crippen LogP) is 4.55. The topological polar surface area (TPSA) is 58.1 Å². The van der Waals surface area contributed by atoms with Crippen LogP contribution in [0.2, 0.25) is 0 Å². The van der Waals surface area contributed by atoms with Crippen molar-refractivity contribution < 1.29 is 4.79 Å². The van der Waals surface area contributed by atoms with Crippen molar-refractivity contribution in [1.82, 2.24) is 15.3 Å². The second-order valence-electron chi connectivity index (χ2n) is 8.15. The summed E-state index contributed by atoms with van der Waals surface area (Å²) in [7, 11) is 0. The number of benzene rings is 2. The molecule has 1 amide bonds. The summed E-state index contributed by atoms with van der Waals surface area (Å²) in [6.45, 7) is 2.09. The van der Waals surface area contributed by atoms with Crippen LogP contribution in [0.25, 0.3) is 11.3 Å². The standard InChI is InChI=1S/C25H26N4O/c30-25(28-22-12-6-8-18-7-1-2-11-21(18)22)20-10-5-9-19(15-20)23-16-24(27-17-26-23)29-13-3-4-14-29/h1-2,5,7,9-11,15-17,22H,3-4,6,8,12-14H2,(H,28,30)/t22-/m1/s1. The van der Waals surface area contributed by atoms with Gasteiger partial charge in [0.15, 0.2) is 0 Å². The second-order valence-corrected chi connectivity index (χ2v) is 8.15. The van der Waals surface area contributed by atoms with Crippen LogP contribution in [0.4, 0.5) is 5.82 Å². The molecule has 1 aliphatic heterocycles. The molecule has 0 saturated carbocycles. The van der Waals surface area contributed by atoms with Gasteiger partial charge in [0, 0.05) is 30.3 Å². The molecular formula is C25H26N4O. The number of amides is 1. The number of hydrogen-bond donors (Lipinski definition) is 1. The first kappa shape index (κ1) is 18.8. The summed E-state index contributed by atoms with van der Waals surface area (Å²) in [5, 5.41) is 3.25. The summed E-state index contributed by atoms with van der Waals surface area (Å²) in [6.07, 6.45) is 7.20. The SMILES string of the molecule is O=C(N[C@@H]1CCCc2ccccc21)c1cccc(-c2cc(N3CCCC3)ncn2)c1. The zero-order chi connectivity index (χ0) is 20.3. The lowest BCUT2D eigenvalue weighted by Crippen LogP contribution is -2.30. The van der Waals surface area contributed by atoms with Crippen molar-refractivity contribution in [3.05, 3.63) is 77.6 Å². The minimum Gasteiger partial charge on any atom is -0.357 e. The molecule has 5 nitrogen and oxygen atoms in total. The van der Waals surface area contributed by atoms with Crippen molar-refractivity contribution in [2.75, 3.05) is 18.0 Å². The molecular weight excluding hydrogens is 372 g/mol. The van der Waals surface area contributed by atoms with E-state index in [9.17, 15) is 4.79 Å². The maximum absolute atomic E-state index is 13.0. The molecule has 5 heteroatoms. The van der Waals surface area contributed by atoms with Gasteiger partial charge in [0.2, 0.25) is 0 Å². The maximum atomic E-state index is 13.0. The Balaban J connectivity index is 1.37. The lowest BCUT2D eigenvalue weighted by Gasteiger charge is -2.26. The lowest BCUT2D eigenvalue weighted by atomic mass is 9.87. The number of carbonyl (C=O) groups is 1. The van der Waals surface area contributed by atoms with Gasteiger partial charge in [-0.3, -0.25) is 4.79 Å². The summed E-state index contributed by atoms with van der Waals surface area (Å²) in [5.74, 6) is 0.929. The van der Waals surface area contributed by atoms with E-state index in [1.165, 1.54) is 24.0 Å². The molecule has 152 valence electrons. The first-order chi connectivity index (χ1) is 14.8. The van der Waals surface area contributed by atoms with Crippen molar-refractivity contribution in [1.29, 1.82) is 0 Å². The van der Waals surface area contributed by atoms with Gasteiger partial charge in [-0.05, 0) is 55.4 Å². The number of nitrogens with one attached hydrogen (secondary N) is 1. The van der Waals surface area contributed by atoms with Gasteiger partial charge in [-0.15, -0.1) is 0 Å². The second kappa shape index (κ2) is 8.27. The molecule has 2 aliphatic rings. The average Bonchev–Trinajstić information content (AvgIpc) is 3.35. The van der Waals surface area contributed by atoms with E-state index in [0.29, 0.717) is 5.56 Å². The fourth-order valence-corrected chi connectivity index (χ4v) is 4.59. The first-order valence-electron chi connectivity index (χ1n) is 10.8. The Morgan fingerprint density at radius 1 is 0.967 bits per heavy atom. The highest BCUT2D eigenvalue weighted by Gasteiger charge is 2.22. The Bertz CT molecular complexity index is 1060. The maximum Gasteiger partial charge on any atom is 0.251 e. The Morgan fingerprint density at radius 3 is 2.73 bits per heavy atom. The van der Waals surface area contributed by atoms with Crippen LogP contribution in [-0.2, 0) is 6.42 Å². The Hall–Kier alpha value is -3.21. The highest BCUT2D eigenvalue weighted by Crippen LogP contribution is 2.30. The fourth-order valence-electron chi connectivity index (χ4n) is 4.59. The van der Waals surface area contributed by atoms with Crippen LogP contribution < -0.4 is 10.2 Å². The van der Waals surface area contributed by atoms with Crippen molar-refractivity contribution >= 4 is 11.7 Å². The summed E-state index contributed by atoms with van der Waals surface area (Å²) >= 11 is 0. The van der Waals surface area contributed by atoms with Crippen LogP contribution in [0.1, 0.15) is 53.2 Å². The van der Waals surface area contributed by atoms with E-state index in [1.54, 1.807) is 6.33 Å². The van der Waals surface area contributed by atoms with Gasteiger partial charge in [0.05, 0.1) is 11.7 Å². The number of hydrogen-bond acceptors (Lipinski definition) is 4. The zero-order valence-electron chi connectivity index (χ0n) is 17.1. The molecule has 1 aliphatic carbocycles. The number of aryl methyl sites for hydroxylation is 1. The third-order valence-corrected chi connectivity index (χ3v) is 6.18. The molecule has 1 N–H and O–H groups in total. The molecule has 1 atom stereocenters. The van der Waals surface area contributed by atoms with Crippen molar-refractivity contribution in [3.8, 4) is 11.3 Å². The van der Waals surface area contributed by atoms with Crippen LogP contribution in [0.5, 0.6) is 0 Å². The van der Waals surface area contributed by atoms with E-state index in [1.807, 2.05) is 30.3 Å². The van der Waals surface area contributed by atoms with E-state index >= 15 is 0 Å². The predicted molar refractivity (Wildman–Crippen MR) is 119 cm³/mol. The van der Waals surface area contributed by atoms with Crippen LogP contribution in [0.3, 0.4) is 0 Å². The van der Waals surface area contributed by atoms with Gasteiger partial charge >= 0.3 is 0 Å². The number of anilines is 1. The molecule has 2 heterocycles. The van der Waals surface area contributed by atoms with Crippen molar-refractivity contribution in [3.63, 3.8) is 0 Å². The van der Waals surface area contributed by atoms with Crippen LogP contribution in [-0.4, -0.2) is 29.0 Å². The summed E-state index contributed by atoms with van der Waals surface area (Å²) in [5.41, 5.74) is 5.05. The molecule has 1 saturated heterocycles. The summed E-state index contributed by atoms with van der Waals surface area (Å²) in [4.78, 5) is 24.2. The summed E-state index contributed by atoms with van der Waals surface area (Å²) < 4.78 is 0. The third-order valence-electron chi connectivity index (χ3n) is 6.18. The Labute approximate surface area is 177 Å². The van der Waals surface area contributed by atoms with Gasteiger partial charge in [0.25, 0.3) is 5.91 Å². The Kier molecular flexibility index (Phi) is 5.18. The molecule has 0 spiro atoms. The monoisotopic (exact) mass is 398 g/mol. The third kappa shape index (κ3) is 3.80. The van der Waals surface area contributed by atoms with Crippen molar-refractivity contribution in [2.24, 2.45) is 0 Å². The van der Waals surface area contributed by atoms with Gasteiger partial charge in [-0.25, -0.2) is 9.97 Å². The number of nitrogens with zero attached hydrogens (tertiary/aromatic N) is 3. The lowest BCUT2D eigenvalue weighted by molar-refractivity contribution is 0.0933. The number of carbonyl (C=O) groups excluding carboxylic acids is 1. The molecule has 1 aromatic heterocycles. The van der Waals surface area contributed by atoms with E-state index in [-0.39, 0.29) is 11.9 Å². The molecule has 0 radical (unpaired) electrons. The highest BCUT2D eigenvalue weighted by atomic mass is 16.1. The molecule has 0 bridgehead atoms. The number of rotatable bonds is 4. The largest absolute Gasteiger partial charge is 0.357 e. The van der Waals surface area contributed by atoms with E-state index in [0.717, 1.165) is 49.4 Å². The molecule has 1 fully saturated rings. The van der Waals surface area contributed by atoms with Crippen LogP contribution in [0.15, 0.2) is 60.9 Å². The zero-order valence-corrected chi connectivity index (χ0v) is 17.1. The smallest absolute Gasteiger partial charge is 0.251 e. The van der Waals surface area contributed by atoms with Crippen LogP contribution in [0, 0.1) is 0 Å². The van der Waals surface area contributed by atoms with E-state index < -0.39 is 0 Å². The first-order valence-corrected chi connectivity index (χ1v) is 10.8. The molecule has 0 unspecified atom stereocenters. The Morgan fingerprint density at radius 2 is 1.83 bits per heavy atom. The van der Waals surface area contributed by atoms with Crippen molar-refractivity contribution in [2.45, 2.75) is 38.1 Å². The minimum atomic E-state index is -0.0348. The fraction of sp³-hybridized carbons (Fsp3) is 0.320. The molecule has 2 aromatic carbocycles. The number of fused-ring (bicyclic) bond motifs is 1.